The number of aromatic carboxylic acids is 1. The van der Waals surface area contributed by atoms with Gasteiger partial charge in [-0.3, -0.25) is 9.69 Å². The van der Waals surface area contributed by atoms with Crippen LogP contribution < -0.4 is 14.8 Å². The maximum atomic E-state index is 12.3. The van der Waals surface area contributed by atoms with Crippen molar-refractivity contribution in [3.63, 3.8) is 0 Å². The Morgan fingerprint density at radius 3 is 2.61 bits per heavy atom. The van der Waals surface area contributed by atoms with Crippen LogP contribution in [0.15, 0.2) is 42.1 Å². The van der Waals surface area contributed by atoms with Crippen LogP contribution in [0.25, 0.3) is 6.08 Å². The number of ether oxygens (including phenoxy) is 2. The van der Waals surface area contributed by atoms with E-state index in [1.807, 2.05) is 0 Å². The van der Waals surface area contributed by atoms with E-state index in [4.69, 9.17) is 26.2 Å². The average Bonchev–Trinajstić information content (AvgIpc) is 3.00. The van der Waals surface area contributed by atoms with Gasteiger partial charge in [-0.25, -0.2) is 9.59 Å². The minimum absolute atomic E-state index is 0.0847. The minimum atomic E-state index is -1.03. The standard InChI is InChI=1S/C22H21ClN2O6/c1-3-25-20(26)17(24-22(25)29)10-14-9-16(23)19(18(11-14)30-4-2)31-12-13-6-5-7-15(8-13)21(27)28/h5-11H,3-4,12H2,1-2H3,(H,24,29)(H,27,28)/b17-10+. The number of hydrogen-bond acceptors (Lipinski definition) is 5. The summed E-state index contributed by atoms with van der Waals surface area (Å²) in [5, 5.41) is 11.9. The van der Waals surface area contributed by atoms with E-state index in [9.17, 15) is 14.4 Å². The lowest BCUT2D eigenvalue weighted by Gasteiger charge is -2.15. The molecule has 1 aliphatic rings. The maximum absolute atomic E-state index is 12.3. The first-order valence-corrected chi connectivity index (χ1v) is 9.97. The lowest BCUT2D eigenvalue weighted by molar-refractivity contribution is -0.122. The molecule has 0 aromatic heterocycles. The molecule has 162 valence electrons. The molecule has 0 aliphatic carbocycles. The fraction of sp³-hybridized carbons (Fsp3) is 0.227. The molecule has 1 aliphatic heterocycles. The van der Waals surface area contributed by atoms with Gasteiger partial charge in [0.15, 0.2) is 11.5 Å². The third kappa shape index (κ3) is 4.97. The molecule has 3 amide bonds. The van der Waals surface area contributed by atoms with Gasteiger partial charge in [-0.2, -0.15) is 0 Å². The molecule has 2 aromatic rings. The Hall–Kier alpha value is -3.52. The summed E-state index contributed by atoms with van der Waals surface area (Å²) in [5.74, 6) is -0.786. The van der Waals surface area contributed by atoms with Gasteiger partial charge in [0, 0.05) is 6.54 Å². The second-order valence-electron chi connectivity index (χ2n) is 6.59. The number of nitrogens with one attached hydrogen (secondary N) is 1. The van der Waals surface area contributed by atoms with Gasteiger partial charge in [-0.05, 0) is 55.3 Å². The number of likely N-dealkylation sites (N-methyl/N-ethyl adjacent to an activating group) is 1. The predicted octanol–water partition coefficient (Wildman–Crippen LogP) is 3.93. The highest BCUT2D eigenvalue weighted by atomic mass is 35.5. The first-order chi connectivity index (χ1) is 14.8. The maximum Gasteiger partial charge on any atom is 0.335 e. The quantitative estimate of drug-likeness (QED) is 0.472. The van der Waals surface area contributed by atoms with E-state index in [1.54, 1.807) is 38.1 Å². The summed E-state index contributed by atoms with van der Waals surface area (Å²) in [6.45, 7) is 4.21. The second kappa shape index (κ2) is 9.53. The zero-order valence-electron chi connectivity index (χ0n) is 17.0. The molecule has 31 heavy (non-hydrogen) atoms. The van der Waals surface area contributed by atoms with Gasteiger partial charge in [-0.15, -0.1) is 0 Å². The highest BCUT2D eigenvalue weighted by Gasteiger charge is 2.32. The Morgan fingerprint density at radius 1 is 1.19 bits per heavy atom. The zero-order valence-corrected chi connectivity index (χ0v) is 17.7. The molecule has 0 spiro atoms. The van der Waals surface area contributed by atoms with Crippen LogP contribution in [0.2, 0.25) is 5.02 Å². The molecule has 0 radical (unpaired) electrons. The molecule has 2 aromatic carbocycles. The molecule has 9 heteroatoms. The number of benzene rings is 2. The molecule has 0 atom stereocenters. The lowest BCUT2D eigenvalue weighted by atomic mass is 10.1. The molecular weight excluding hydrogens is 424 g/mol. The average molecular weight is 445 g/mol. The van der Waals surface area contributed by atoms with E-state index in [2.05, 4.69) is 5.32 Å². The molecule has 3 rings (SSSR count). The van der Waals surface area contributed by atoms with E-state index < -0.39 is 17.9 Å². The number of nitrogens with zero attached hydrogens (tertiary/aromatic N) is 1. The molecular formula is C22H21ClN2O6. The fourth-order valence-electron chi connectivity index (χ4n) is 3.05. The second-order valence-corrected chi connectivity index (χ2v) is 7.00. The zero-order chi connectivity index (χ0) is 22.5. The Morgan fingerprint density at radius 2 is 1.97 bits per heavy atom. The SMILES string of the molecule is CCOc1cc(/C=C2/NC(=O)N(CC)C2=O)cc(Cl)c1OCc1cccc(C(=O)O)c1. The number of carbonyl (C=O) groups is 3. The predicted molar refractivity (Wildman–Crippen MR) is 114 cm³/mol. The number of rotatable bonds is 8. The van der Waals surface area contributed by atoms with Gasteiger partial charge in [-0.1, -0.05) is 23.7 Å². The Kier molecular flexibility index (Phi) is 6.81. The van der Waals surface area contributed by atoms with Gasteiger partial charge in [0.25, 0.3) is 5.91 Å². The summed E-state index contributed by atoms with van der Waals surface area (Å²) in [4.78, 5) is 36.4. The van der Waals surface area contributed by atoms with E-state index in [0.29, 0.717) is 29.2 Å². The van der Waals surface area contributed by atoms with Gasteiger partial charge in [0.05, 0.1) is 17.2 Å². The molecule has 0 bridgehead atoms. The van der Waals surface area contributed by atoms with Gasteiger partial charge >= 0.3 is 12.0 Å². The summed E-state index contributed by atoms with van der Waals surface area (Å²) in [6.07, 6.45) is 1.52. The summed E-state index contributed by atoms with van der Waals surface area (Å²) < 4.78 is 11.5. The van der Waals surface area contributed by atoms with Crippen LogP contribution in [0.3, 0.4) is 0 Å². The number of carboxylic acid groups (broad SMARTS) is 1. The molecule has 0 saturated carbocycles. The third-order valence-corrected chi connectivity index (χ3v) is 4.76. The largest absolute Gasteiger partial charge is 0.490 e. The monoisotopic (exact) mass is 444 g/mol. The number of carboxylic acids is 1. The number of halogens is 1. The molecule has 1 fully saturated rings. The van der Waals surface area contributed by atoms with E-state index in [-0.39, 0.29) is 29.4 Å². The van der Waals surface area contributed by atoms with Crippen LogP contribution in [0.1, 0.15) is 35.3 Å². The number of amides is 3. The van der Waals surface area contributed by atoms with Crippen LogP contribution in [0.4, 0.5) is 4.79 Å². The van der Waals surface area contributed by atoms with Crippen LogP contribution in [0.5, 0.6) is 11.5 Å². The molecule has 0 unspecified atom stereocenters. The smallest absolute Gasteiger partial charge is 0.335 e. The first kappa shape index (κ1) is 22.2. The minimum Gasteiger partial charge on any atom is -0.490 e. The number of carbonyl (C=O) groups excluding carboxylic acids is 2. The Bertz CT molecular complexity index is 1070. The van der Waals surface area contributed by atoms with Crippen LogP contribution >= 0.6 is 11.6 Å². The van der Waals surface area contributed by atoms with Crippen LogP contribution in [-0.2, 0) is 11.4 Å². The van der Waals surface area contributed by atoms with Crippen molar-refractivity contribution in [2.45, 2.75) is 20.5 Å². The summed E-state index contributed by atoms with van der Waals surface area (Å²) in [5.41, 5.74) is 1.51. The lowest BCUT2D eigenvalue weighted by Crippen LogP contribution is -2.30. The van der Waals surface area contributed by atoms with Crippen molar-refractivity contribution in [1.29, 1.82) is 0 Å². The fourth-order valence-corrected chi connectivity index (χ4v) is 3.32. The van der Waals surface area contributed by atoms with Gasteiger partial charge in [0.2, 0.25) is 0 Å². The molecule has 1 saturated heterocycles. The Labute approximate surface area is 184 Å². The number of imide groups is 1. The van der Waals surface area contributed by atoms with E-state index in [1.165, 1.54) is 18.2 Å². The first-order valence-electron chi connectivity index (χ1n) is 9.60. The van der Waals surface area contributed by atoms with Gasteiger partial charge < -0.3 is 19.9 Å². The van der Waals surface area contributed by atoms with Crippen molar-refractivity contribution in [1.82, 2.24) is 10.2 Å². The van der Waals surface area contributed by atoms with Crippen molar-refractivity contribution in [2.24, 2.45) is 0 Å². The van der Waals surface area contributed by atoms with Crippen molar-refractivity contribution in [2.75, 3.05) is 13.2 Å². The van der Waals surface area contributed by atoms with Crippen molar-refractivity contribution >= 4 is 35.6 Å². The molecule has 8 nitrogen and oxygen atoms in total. The third-order valence-electron chi connectivity index (χ3n) is 4.48. The highest BCUT2D eigenvalue weighted by Crippen LogP contribution is 2.38. The molecule has 1 heterocycles. The van der Waals surface area contributed by atoms with E-state index >= 15 is 0 Å². The van der Waals surface area contributed by atoms with Crippen molar-refractivity contribution in [3.8, 4) is 11.5 Å². The Balaban J connectivity index is 1.86. The van der Waals surface area contributed by atoms with Crippen LogP contribution in [0, 0.1) is 0 Å². The van der Waals surface area contributed by atoms with Crippen LogP contribution in [-0.4, -0.2) is 41.1 Å². The van der Waals surface area contributed by atoms with Crippen molar-refractivity contribution < 1.29 is 29.0 Å². The molecule has 2 N–H and O–H groups in total. The summed E-state index contributed by atoms with van der Waals surface area (Å²) in [6, 6.07) is 9.16. The summed E-state index contributed by atoms with van der Waals surface area (Å²) >= 11 is 6.41. The van der Waals surface area contributed by atoms with E-state index in [0.717, 1.165) is 4.90 Å². The number of hydrogen-bond donors (Lipinski definition) is 2. The highest BCUT2D eigenvalue weighted by molar-refractivity contribution is 6.32. The topological polar surface area (TPSA) is 105 Å². The van der Waals surface area contributed by atoms with Crippen molar-refractivity contribution in [3.05, 3.63) is 63.8 Å². The van der Waals surface area contributed by atoms with Gasteiger partial charge in [0.1, 0.15) is 12.3 Å². The number of urea groups is 1. The normalized spacial score (nSPS) is 14.7. The summed E-state index contributed by atoms with van der Waals surface area (Å²) in [7, 11) is 0.